The second-order valence-corrected chi connectivity index (χ2v) is 4.18. The molecule has 1 aliphatic carbocycles. The van der Waals surface area contributed by atoms with Crippen LogP contribution in [0.3, 0.4) is 0 Å². The van der Waals surface area contributed by atoms with Crippen molar-refractivity contribution in [1.82, 2.24) is 0 Å². The number of hydrogen-bond acceptors (Lipinski definition) is 2. The molecule has 0 aromatic heterocycles. The summed E-state index contributed by atoms with van der Waals surface area (Å²) in [5.74, 6) is -0.0459. The molecule has 0 saturated heterocycles. The van der Waals surface area contributed by atoms with E-state index in [2.05, 4.69) is 0 Å². The van der Waals surface area contributed by atoms with Crippen LogP contribution < -0.4 is 0 Å². The Labute approximate surface area is 73.3 Å². The number of carbonyl (C=O) groups excluding carboxylic acids is 2. The van der Waals surface area contributed by atoms with Gasteiger partial charge in [0.05, 0.1) is 0 Å². The monoisotopic (exact) mass is 168 g/mol. The van der Waals surface area contributed by atoms with Crippen molar-refractivity contribution >= 4 is 11.6 Å². The van der Waals surface area contributed by atoms with Crippen molar-refractivity contribution < 1.29 is 9.59 Å². The van der Waals surface area contributed by atoms with E-state index in [0.717, 1.165) is 12.8 Å². The molecule has 0 spiro atoms. The van der Waals surface area contributed by atoms with Crippen LogP contribution in [-0.4, -0.2) is 11.6 Å². The fourth-order valence-electron chi connectivity index (χ4n) is 1.71. The Hall–Kier alpha value is -0.660. The molecule has 0 aromatic carbocycles. The third-order valence-electron chi connectivity index (χ3n) is 3.15. The van der Waals surface area contributed by atoms with Crippen molar-refractivity contribution in [2.75, 3.05) is 0 Å². The first-order valence-corrected chi connectivity index (χ1v) is 4.56. The molecule has 2 nitrogen and oxygen atoms in total. The van der Waals surface area contributed by atoms with Gasteiger partial charge < -0.3 is 0 Å². The first-order valence-electron chi connectivity index (χ1n) is 4.56. The SMILES string of the molecule is CC(C)C1(C)CCCC(=O)C1=O. The van der Waals surface area contributed by atoms with Gasteiger partial charge in [-0.15, -0.1) is 0 Å². The topological polar surface area (TPSA) is 34.1 Å². The quantitative estimate of drug-likeness (QED) is 0.561. The molecule has 0 amide bonds. The van der Waals surface area contributed by atoms with Crippen molar-refractivity contribution in [2.24, 2.45) is 11.3 Å². The molecule has 0 heterocycles. The second-order valence-electron chi connectivity index (χ2n) is 4.18. The Morgan fingerprint density at radius 1 is 1.33 bits per heavy atom. The molecule has 1 unspecified atom stereocenters. The molecule has 12 heavy (non-hydrogen) atoms. The van der Waals surface area contributed by atoms with Gasteiger partial charge in [-0.1, -0.05) is 20.8 Å². The lowest BCUT2D eigenvalue weighted by Gasteiger charge is -2.34. The van der Waals surface area contributed by atoms with Crippen molar-refractivity contribution in [3.05, 3.63) is 0 Å². The third-order valence-corrected chi connectivity index (χ3v) is 3.15. The summed E-state index contributed by atoms with van der Waals surface area (Å²) in [6.45, 7) is 5.93. The van der Waals surface area contributed by atoms with Crippen LogP contribution in [0, 0.1) is 11.3 Å². The molecule has 0 bridgehead atoms. The van der Waals surface area contributed by atoms with Crippen LogP contribution in [0.5, 0.6) is 0 Å². The minimum atomic E-state index is -0.380. The van der Waals surface area contributed by atoms with Crippen LogP contribution in [0.25, 0.3) is 0 Å². The zero-order valence-electron chi connectivity index (χ0n) is 8.02. The lowest BCUT2D eigenvalue weighted by Crippen LogP contribution is -2.41. The Kier molecular flexibility index (Phi) is 2.36. The fraction of sp³-hybridized carbons (Fsp3) is 0.800. The van der Waals surface area contributed by atoms with Crippen LogP contribution in [0.1, 0.15) is 40.0 Å². The first-order chi connectivity index (χ1) is 5.48. The molecule has 2 heteroatoms. The van der Waals surface area contributed by atoms with E-state index in [9.17, 15) is 9.59 Å². The zero-order chi connectivity index (χ0) is 9.35. The number of ketones is 2. The number of Topliss-reactive ketones (excluding diaryl/α,β-unsaturated/α-hetero) is 2. The summed E-state index contributed by atoms with van der Waals surface area (Å²) >= 11 is 0. The standard InChI is InChI=1S/C10H16O2/c1-7(2)10(3)6-4-5-8(11)9(10)12/h7H,4-6H2,1-3H3. The molecule has 1 rings (SSSR count). The number of carbonyl (C=O) groups is 2. The molecule has 68 valence electrons. The van der Waals surface area contributed by atoms with Crippen molar-refractivity contribution in [3.8, 4) is 0 Å². The highest BCUT2D eigenvalue weighted by Gasteiger charge is 2.42. The van der Waals surface area contributed by atoms with Gasteiger partial charge in [0, 0.05) is 11.8 Å². The molecule has 1 aliphatic rings. The summed E-state index contributed by atoms with van der Waals surface area (Å²) in [6, 6.07) is 0. The highest BCUT2D eigenvalue weighted by atomic mass is 16.2. The van der Waals surface area contributed by atoms with Gasteiger partial charge in [-0.05, 0) is 18.8 Å². The van der Waals surface area contributed by atoms with E-state index in [1.165, 1.54) is 0 Å². The number of hydrogen-bond donors (Lipinski definition) is 0. The van der Waals surface area contributed by atoms with E-state index in [0.29, 0.717) is 6.42 Å². The first kappa shape index (κ1) is 9.43. The predicted octanol–water partition coefficient (Wildman–Crippen LogP) is 1.97. The molecular weight excluding hydrogens is 152 g/mol. The van der Waals surface area contributed by atoms with Gasteiger partial charge in [0.2, 0.25) is 5.78 Å². The fourth-order valence-corrected chi connectivity index (χ4v) is 1.71. The predicted molar refractivity (Wildman–Crippen MR) is 46.8 cm³/mol. The maximum atomic E-state index is 11.5. The highest BCUT2D eigenvalue weighted by molar-refractivity contribution is 6.39. The smallest absolute Gasteiger partial charge is 0.204 e. The van der Waals surface area contributed by atoms with Gasteiger partial charge in [0.25, 0.3) is 0 Å². The molecule has 0 aliphatic heterocycles. The minimum absolute atomic E-state index is 0.149. The summed E-state index contributed by atoms with van der Waals surface area (Å²) in [5, 5.41) is 0. The lowest BCUT2D eigenvalue weighted by molar-refractivity contribution is -0.146. The van der Waals surface area contributed by atoms with Gasteiger partial charge in [-0.25, -0.2) is 0 Å². The molecule has 0 N–H and O–H groups in total. The van der Waals surface area contributed by atoms with Gasteiger partial charge in [-0.2, -0.15) is 0 Å². The van der Waals surface area contributed by atoms with Crippen molar-refractivity contribution in [2.45, 2.75) is 40.0 Å². The number of rotatable bonds is 1. The molecule has 0 aromatic rings. The summed E-state index contributed by atoms with van der Waals surface area (Å²) in [7, 11) is 0. The average molecular weight is 168 g/mol. The summed E-state index contributed by atoms with van der Waals surface area (Å²) in [6.07, 6.45) is 2.20. The largest absolute Gasteiger partial charge is 0.291 e. The Morgan fingerprint density at radius 3 is 2.33 bits per heavy atom. The molecular formula is C10H16O2. The van der Waals surface area contributed by atoms with Crippen molar-refractivity contribution in [1.29, 1.82) is 0 Å². The van der Waals surface area contributed by atoms with Crippen LogP contribution >= 0.6 is 0 Å². The third kappa shape index (κ3) is 1.30. The molecule has 1 saturated carbocycles. The van der Waals surface area contributed by atoms with Crippen LogP contribution in [0.4, 0.5) is 0 Å². The zero-order valence-corrected chi connectivity index (χ0v) is 8.02. The second kappa shape index (κ2) is 3.00. The maximum absolute atomic E-state index is 11.5. The van der Waals surface area contributed by atoms with E-state index in [4.69, 9.17) is 0 Å². The Morgan fingerprint density at radius 2 is 1.92 bits per heavy atom. The minimum Gasteiger partial charge on any atom is -0.291 e. The van der Waals surface area contributed by atoms with E-state index in [-0.39, 0.29) is 22.9 Å². The highest BCUT2D eigenvalue weighted by Crippen LogP contribution is 2.37. The van der Waals surface area contributed by atoms with Crippen LogP contribution in [-0.2, 0) is 9.59 Å². The normalized spacial score (nSPS) is 31.3. The van der Waals surface area contributed by atoms with E-state index < -0.39 is 0 Å². The van der Waals surface area contributed by atoms with E-state index in [1.807, 2.05) is 20.8 Å². The Bertz CT molecular complexity index is 218. The average Bonchev–Trinajstić information content (AvgIpc) is 2.00. The Balaban J connectivity index is 2.89. The molecule has 0 radical (unpaired) electrons. The van der Waals surface area contributed by atoms with Gasteiger partial charge in [0.1, 0.15) is 0 Å². The molecule has 1 fully saturated rings. The summed E-state index contributed by atoms with van der Waals surface area (Å²) < 4.78 is 0. The van der Waals surface area contributed by atoms with Crippen molar-refractivity contribution in [3.63, 3.8) is 0 Å². The van der Waals surface area contributed by atoms with Gasteiger partial charge in [0.15, 0.2) is 5.78 Å². The lowest BCUT2D eigenvalue weighted by atomic mass is 9.67. The van der Waals surface area contributed by atoms with Crippen LogP contribution in [0.15, 0.2) is 0 Å². The molecule has 1 atom stereocenters. The van der Waals surface area contributed by atoms with Crippen LogP contribution in [0.2, 0.25) is 0 Å². The van der Waals surface area contributed by atoms with E-state index >= 15 is 0 Å². The maximum Gasteiger partial charge on any atom is 0.204 e. The summed E-state index contributed by atoms with van der Waals surface area (Å²) in [4.78, 5) is 22.7. The van der Waals surface area contributed by atoms with Gasteiger partial charge >= 0.3 is 0 Å². The van der Waals surface area contributed by atoms with E-state index in [1.54, 1.807) is 0 Å². The summed E-state index contributed by atoms with van der Waals surface area (Å²) in [5.41, 5.74) is -0.380. The van der Waals surface area contributed by atoms with Gasteiger partial charge in [-0.3, -0.25) is 9.59 Å².